The highest BCUT2D eigenvalue weighted by Crippen LogP contribution is 2.36. The minimum absolute atomic E-state index is 0.0245. The Hall–Kier alpha value is -5.85. The van der Waals surface area contributed by atoms with E-state index in [1.807, 2.05) is 0 Å². The number of ether oxygens (including phenoxy) is 2. The van der Waals surface area contributed by atoms with Gasteiger partial charge in [0.1, 0.15) is 23.0 Å². The van der Waals surface area contributed by atoms with Crippen LogP contribution in [0.15, 0.2) is 60.7 Å². The SMILES string of the molecule is C=C1C[C@@H](C(=O)C2C(=O)c3ccc(C(=O)c4ccc5c(c4)C(=O)C(C(=O)[C@@H]4CC(=C)CN4C(=O)OC(C)(C)C)C5=O)cc3C2=O)N(C(=O)OC(C)(C)C)C1. The first-order valence-electron chi connectivity index (χ1n) is 17.5. The van der Waals surface area contributed by atoms with Crippen LogP contribution in [0, 0.1) is 11.8 Å². The number of hydrogen-bond donors (Lipinski definition) is 0. The number of carbonyl (C=O) groups is 9. The van der Waals surface area contributed by atoms with Crippen LogP contribution >= 0.6 is 0 Å². The van der Waals surface area contributed by atoms with Gasteiger partial charge in [-0.2, -0.15) is 0 Å². The third kappa shape index (κ3) is 6.74. The number of benzene rings is 2. The molecule has 0 N–H and O–H groups in total. The van der Waals surface area contributed by atoms with Crippen molar-refractivity contribution in [1.29, 1.82) is 0 Å². The average molecular weight is 737 g/mol. The molecular formula is C41H40N2O11. The molecule has 2 aromatic carbocycles. The Kier molecular flexibility index (Phi) is 9.28. The van der Waals surface area contributed by atoms with Gasteiger partial charge in [-0.3, -0.25) is 43.4 Å². The molecule has 0 aromatic heterocycles. The molecule has 2 amide bonds. The van der Waals surface area contributed by atoms with E-state index in [2.05, 4.69) is 13.2 Å². The lowest BCUT2D eigenvalue weighted by molar-refractivity contribution is -0.125. The second kappa shape index (κ2) is 13.2. The minimum Gasteiger partial charge on any atom is -0.444 e. The lowest BCUT2D eigenvalue weighted by Gasteiger charge is -2.28. The number of nitrogens with zero attached hydrogens (tertiary/aromatic N) is 2. The van der Waals surface area contributed by atoms with E-state index in [0.29, 0.717) is 11.1 Å². The zero-order valence-electron chi connectivity index (χ0n) is 30.9. The quantitative estimate of drug-likeness (QED) is 0.217. The molecule has 0 saturated carbocycles. The molecule has 13 heteroatoms. The highest BCUT2D eigenvalue weighted by molar-refractivity contribution is 6.38. The Morgan fingerprint density at radius 2 is 0.907 bits per heavy atom. The third-order valence-corrected chi connectivity index (χ3v) is 9.66. The lowest BCUT2D eigenvalue weighted by Crippen LogP contribution is -2.47. The summed E-state index contributed by atoms with van der Waals surface area (Å²) < 4.78 is 10.9. The molecule has 2 fully saturated rings. The van der Waals surface area contributed by atoms with Gasteiger partial charge in [0.25, 0.3) is 0 Å². The van der Waals surface area contributed by atoms with Crippen molar-refractivity contribution < 1.29 is 52.6 Å². The van der Waals surface area contributed by atoms with Crippen molar-refractivity contribution in [2.75, 3.05) is 13.1 Å². The summed E-state index contributed by atoms with van der Waals surface area (Å²) in [6.07, 6.45) is -1.45. The first-order valence-corrected chi connectivity index (χ1v) is 17.5. The van der Waals surface area contributed by atoms with Crippen molar-refractivity contribution >= 4 is 52.7 Å². The number of ketones is 7. The second-order valence-corrected chi connectivity index (χ2v) is 16.1. The fraction of sp³-hybridized carbons (Fsp3) is 0.390. The minimum atomic E-state index is -1.73. The Morgan fingerprint density at radius 3 is 1.24 bits per heavy atom. The maximum Gasteiger partial charge on any atom is 0.411 e. The molecule has 0 bridgehead atoms. The first kappa shape index (κ1) is 37.9. The fourth-order valence-corrected chi connectivity index (χ4v) is 7.27. The normalized spacial score (nSPS) is 22.5. The van der Waals surface area contributed by atoms with Gasteiger partial charge in [0.15, 0.2) is 40.5 Å². The van der Waals surface area contributed by atoms with Gasteiger partial charge in [0.2, 0.25) is 0 Å². The van der Waals surface area contributed by atoms with Crippen molar-refractivity contribution in [2.24, 2.45) is 11.8 Å². The van der Waals surface area contributed by atoms with E-state index in [4.69, 9.17) is 9.47 Å². The highest BCUT2D eigenvalue weighted by Gasteiger charge is 2.51. The number of rotatable bonds is 6. The molecule has 280 valence electrons. The Balaban J connectivity index is 1.21. The maximum absolute atomic E-state index is 13.7. The largest absolute Gasteiger partial charge is 0.444 e. The van der Waals surface area contributed by atoms with Crippen molar-refractivity contribution in [3.05, 3.63) is 94.1 Å². The number of fused-ring (bicyclic) bond motifs is 2. The number of Topliss-reactive ketones (excluding diaryl/α,β-unsaturated/α-hetero) is 6. The van der Waals surface area contributed by atoms with Crippen LogP contribution in [0.25, 0.3) is 0 Å². The molecule has 0 radical (unpaired) electrons. The van der Waals surface area contributed by atoms with Crippen LogP contribution in [-0.4, -0.2) is 98.8 Å². The topological polar surface area (TPSA) is 179 Å². The van der Waals surface area contributed by atoms with E-state index in [-0.39, 0.29) is 59.3 Å². The van der Waals surface area contributed by atoms with Gasteiger partial charge in [-0.15, -0.1) is 0 Å². The van der Waals surface area contributed by atoms with Crippen molar-refractivity contribution in [2.45, 2.75) is 77.7 Å². The van der Waals surface area contributed by atoms with E-state index in [0.717, 1.165) is 9.80 Å². The highest BCUT2D eigenvalue weighted by atomic mass is 16.6. The van der Waals surface area contributed by atoms with Gasteiger partial charge < -0.3 is 9.47 Å². The predicted molar refractivity (Wildman–Crippen MR) is 192 cm³/mol. The molecule has 2 aliphatic heterocycles. The van der Waals surface area contributed by atoms with E-state index in [1.54, 1.807) is 41.5 Å². The van der Waals surface area contributed by atoms with Gasteiger partial charge in [-0.25, -0.2) is 9.59 Å². The summed E-state index contributed by atoms with van der Waals surface area (Å²) in [5.41, 5.74) is -1.06. The van der Waals surface area contributed by atoms with Gasteiger partial charge in [-0.1, -0.05) is 36.4 Å². The smallest absolute Gasteiger partial charge is 0.411 e. The van der Waals surface area contributed by atoms with Crippen LogP contribution in [0.1, 0.15) is 112 Å². The first-order chi connectivity index (χ1) is 25.1. The monoisotopic (exact) mass is 736 g/mol. The summed E-state index contributed by atoms with van der Waals surface area (Å²) in [5.74, 6) is -8.81. The molecule has 4 aliphatic rings. The summed E-state index contributed by atoms with van der Waals surface area (Å²) in [6, 6.07) is 5.30. The molecule has 2 saturated heterocycles. The zero-order valence-corrected chi connectivity index (χ0v) is 30.9. The van der Waals surface area contributed by atoms with Crippen LogP contribution < -0.4 is 0 Å². The van der Waals surface area contributed by atoms with E-state index in [1.165, 1.54) is 36.4 Å². The average Bonchev–Trinajstić information content (AvgIpc) is 3.80. The van der Waals surface area contributed by atoms with Crippen LogP contribution in [-0.2, 0) is 19.1 Å². The van der Waals surface area contributed by atoms with E-state index < -0.39 is 87.8 Å². The number of likely N-dealkylation sites (tertiary alicyclic amines) is 2. The molecule has 6 rings (SSSR count). The van der Waals surface area contributed by atoms with E-state index in [9.17, 15) is 43.2 Å². The fourth-order valence-electron chi connectivity index (χ4n) is 7.27. The molecule has 2 heterocycles. The Labute approximate surface area is 311 Å². The van der Waals surface area contributed by atoms with Crippen molar-refractivity contribution in [3.63, 3.8) is 0 Å². The third-order valence-electron chi connectivity index (χ3n) is 9.66. The second-order valence-electron chi connectivity index (χ2n) is 16.1. The van der Waals surface area contributed by atoms with Crippen LogP contribution in [0.4, 0.5) is 9.59 Å². The molecule has 2 aliphatic carbocycles. The van der Waals surface area contributed by atoms with Crippen LogP contribution in [0.2, 0.25) is 0 Å². The Morgan fingerprint density at radius 1 is 0.574 bits per heavy atom. The van der Waals surface area contributed by atoms with Crippen molar-refractivity contribution in [3.8, 4) is 0 Å². The van der Waals surface area contributed by atoms with Gasteiger partial charge in [0, 0.05) is 46.5 Å². The predicted octanol–water partition coefficient (Wildman–Crippen LogP) is 5.18. The van der Waals surface area contributed by atoms with E-state index >= 15 is 0 Å². The van der Waals surface area contributed by atoms with Crippen LogP contribution in [0.5, 0.6) is 0 Å². The number of hydrogen-bond acceptors (Lipinski definition) is 11. The summed E-state index contributed by atoms with van der Waals surface area (Å²) in [4.78, 5) is 124. The van der Waals surface area contributed by atoms with Gasteiger partial charge in [0.05, 0.1) is 12.1 Å². The standard InChI is InChI=1S/C41H40N2O11/c1-19-13-27(42(17-19)38(51)53-40(3,4)5)36(49)29-32(45)23-11-9-21(15-25(23)34(29)47)31(44)22-10-12-24-26(16-22)35(48)30(33(24)46)37(50)28-14-20(2)18-43(28)39(52)54-41(6,7)8/h9-12,15-16,27-30H,1-2,13-14,17-18H2,3-8H3/t27-,28-,29?,30?/m0/s1. The molecule has 2 unspecified atom stereocenters. The van der Waals surface area contributed by atoms with Gasteiger partial charge >= 0.3 is 12.2 Å². The summed E-state index contributed by atoms with van der Waals surface area (Å²) in [7, 11) is 0. The lowest BCUT2D eigenvalue weighted by atomic mass is 9.91. The van der Waals surface area contributed by atoms with Gasteiger partial charge in [-0.05, 0) is 78.6 Å². The summed E-state index contributed by atoms with van der Waals surface area (Å²) >= 11 is 0. The summed E-state index contributed by atoms with van der Waals surface area (Å²) in [5, 5.41) is 0. The molecule has 4 atom stereocenters. The Bertz CT molecular complexity index is 2000. The van der Waals surface area contributed by atoms with Crippen molar-refractivity contribution in [1.82, 2.24) is 9.80 Å². The van der Waals surface area contributed by atoms with Crippen LogP contribution in [0.3, 0.4) is 0 Å². The summed E-state index contributed by atoms with van der Waals surface area (Å²) in [6.45, 7) is 17.8. The molecule has 13 nitrogen and oxygen atoms in total. The molecular weight excluding hydrogens is 696 g/mol. The number of carbonyl (C=O) groups excluding carboxylic acids is 9. The molecule has 0 spiro atoms. The molecule has 2 aromatic rings. The number of amides is 2. The molecule has 54 heavy (non-hydrogen) atoms. The zero-order chi connectivity index (χ0) is 39.8. The maximum atomic E-state index is 13.7.